The van der Waals surface area contributed by atoms with Crippen LogP contribution in [0.5, 0.6) is 0 Å². The van der Waals surface area contributed by atoms with Crippen molar-refractivity contribution < 1.29 is 14.7 Å². The van der Waals surface area contributed by atoms with E-state index in [-0.39, 0.29) is 17.9 Å². The van der Waals surface area contributed by atoms with E-state index in [9.17, 15) is 14.7 Å². The molecule has 2 rings (SSSR count). The molecule has 0 bridgehead atoms. The van der Waals surface area contributed by atoms with E-state index in [0.717, 1.165) is 32.4 Å². The number of carbonyl (C=O) groups excluding carboxylic acids is 1. The molecule has 2 aliphatic rings. The molecule has 1 aliphatic heterocycles. The Kier molecular flexibility index (Phi) is 5.02. The molecule has 1 saturated heterocycles. The van der Waals surface area contributed by atoms with E-state index in [1.165, 1.54) is 0 Å². The molecule has 0 spiro atoms. The molecule has 1 saturated carbocycles. The van der Waals surface area contributed by atoms with Crippen LogP contribution in [0, 0.1) is 17.8 Å². The number of carboxylic acid groups (broad SMARTS) is 1. The highest BCUT2D eigenvalue weighted by atomic mass is 16.4. The maximum atomic E-state index is 12.8. The predicted molar refractivity (Wildman–Crippen MR) is 76.3 cm³/mol. The van der Waals surface area contributed by atoms with E-state index >= 15 is 0 Å². The molecule has 0 aromatic rings. The van der Waals surface area contributed by atoms with Crippen LogP contribution in [0.2, 0.25) is 0 Å². The van der Waals surface area contributed by atoms with Crippen LogP contribution < -0.4 is 5.32 Å². The molecular weight excluding hydrogens is 256 g/mol. The van der Waals surface area contributed by atoms with Gasteiger partial charge in [0.1, 0.15) is 0 Å². The van der Waals surface area contributed by atoms with Crippen molar-refractivity contribution in [1.29, 1.82) is 0 Å². The van der Waals surface area contributed by atoms with Crippen LogP contribution in [-0.4, -0.2) is 47.6 Å². The Labute approximate surface area is 120 Å². The number of rotatable bonds is 4. The number of nitrogens with one attached hydrogen (secondary N) is 1. The van der Waals surface area contributed by atoms with Crippen LogP contribution in [-0.2, 0) is 9.59 Å². The van der Waals surface area contributed by atoms with Crippen LogP contribution in [0.4, 0.5) is 0 Å². The van der Waals surface area contributed by atoms with Gasteiger partial charge in [-0.1, -0.05) is 6.92 Å². The lowest BCUT2D eigenvalue weighted by molar-refractivity contribution is -0.150. The van der Waals surface area contributed by atoms with E-state index in [0.29, 0.717) is 18.9 Å². The first kappa shape index (κ1) is 15.3. The van der Waals surface area contributed by atoms with Gasteiger partial charge in [0.15, 0.2) is 0 Å². The van der Waals surface area contributed by atoms with Gasteiger partial charge in [0.05, 0.1) is 11.8 Å². The molecule has 3 unspecified atom stereocenters. The van der Waals surface area contributed by atoms with Crippen molar-refractivity contribution >= 4 is 11.9 Å². The second-order valence-electron chi connectivity index (χ2n) is 6.23. The van der Waals surface area contributed by atoms with Crippen LogP contribution in [0.25, 0.3) is 0 Å². The highest BCUT2D eigenvalue weighted by Crippen LogP contribution is 2.38. The van der Waals surface area contributed by atoms with Gasteiger partial charge in [-0.15, -0.1) is 0 Å². The summed E-state index contributed by atoms with van der Waals surface area (Å²) in [6.45, 7) is 6.61. The standard InChI is InChI=1S/C15H26N2O3/c1-3-17(11-4-6-16-7-5-11)14(18)12-8-10(2)9-13(12)15(19)20/h10-13,16H,3-9H2,1-2H3,(H,19,20). The zero-order valence-electron chi connectivity index (χ0n) is 12.5. The van der Waals surface area contributed by atoms with Gasteiger partial charge in [-0.05, 0) is 51.6 Å². The number of nitrogens with zero attached hydrogens (tertiary/aromatic N) is 1. The Hall–Kier alpha value is -1.10. The number of hydrogen-bond donors (Lipinski definition) is 2. The largest absolute Gasteiger partial charge is 0.481 e. The Bertz CT molecular complexity index is 366. The van der Waals surface area contributed by atoms with Gasteiger partial charge >= 0.3 is 5.97 Å². The number of piperidine rings is 1. The van der Waals surface area contributed by atoms with Crippen molar-refractivity contribution in [3.8, 4) is 0 Å². The molecule has 0 radical (unpaired) electrons. The summed E-state index contributed by atoms with van der Waals surface area (Å²) < 4.78 is 0. The van der Waals surface area contributed by atoms with Gasteiger partial charge in [-0.2, -0.15) is 0 Å². The fourth-order valence-corrected chi connectivity index (χ4v) is 3.76. The number of amides is 1. The summed E-state index contributed by atoms with van der Waals surface area (Å²) in [4.78, 5) is 26.1. The first-order valence-corrected chi connectivity index (χ1v) is 7.78. The molecule has 5 heteroatoms. The summed E-state index contributed by atoms with van der Waals surface area (Å²) in [5.74, 6) is -1.23. The van der Waals surface area contributed by atoms with Crippen LogP contribution in [0.15, 0.2) is 0 Å². The average Bonchev–Trinajstić information content (AvgIpc) is 2.83. The Balaban J connectivity index is 2.08. The van der Waals surface area contributed by atoms with E-state index in [2.05, 4.69) is 5.32 Å². The third-order valence-corrected chi connectivity index (χ3v) is 4.81. The first-order valence-electron chi connectivity index (χ1n) is 7.78. The average molecular weight is 282 g/mol. The Morgan fingerprint density at radius 2 is 1.80 bits per heavy atom. The lowest BCUT2D eigenvalue weighted by Gasteiger charge is -2.36. The van der Waals surface area contributed by atoms with Gasteiger partial charge in [0, 0.05) is 12.6 Å². The number of hydrogen-bond acceptors (Lipinski definition) is 3. The van der Waals surface area contributed by atoms with Crippen molar-refractivity contribution in [2.24, 2.45) is 17.8 Å². The number of carbonyl (C=O) groups is 2. The Morgan fingerprint density at radius 1 is 1.20 bits per heavy atom. The maximum Gasteiger partial charge on any atom is 0.307 e. The monoisotopic (exact) mass is 282 g/mol. The minimum atomic E-state index is -0.811. The summed E-state index contributed by atoms with van der Waals surface area (Å²) in [7, 11) is 0. The van der Waals surface area contributed by atoms with E-state index < -0.39 is 11.9 Å². The predicted octanol–water partition coefficient (Wildman–Crippen LogP) is 1.33. The summed E-state index contributed by atoms with van der Waals surface area (Å²) in [6.07, 6.45) is 3.30. The smallest absolute Gasteiger partial charge is 0.307 e. The van der Waals surface area contributed by atoms with Crippen molar-refractivity contribution in [3.05, 3.63) is 0 Å². The van der Waals surface area contributed by atoms with E-state index in [1.807, 2.05) is 18.7 Å². The molecule has 1 aliphatic carbocycles. The topological polar surface area (TPSA) is 69.6 Å². The minimum absolute atomic E-state index is 0.0659. The summed E-state index contributed by atoms with van der Waals surface area (Å²) in [6, 6.07) is 0.277. The summed E-state index contributed by atoms with van der Waals surface area (Å²) in [5, 5.41) is 12.6. The van der Waals surface area contributed by atoms with E-state index in [4.69, 9.17) is 0 Å². The fourth-order valence-electron chi connectivity index (χ4n) is 3.76. The van der Waals surface area contributed by atoms with Crippen LogP contribution in [0.1, 0.15) is 39.5 Å². The van der Waals surface area contributed by atoms with E-state index in [1.54, 1.807) is 0 Å². The van der Waals surface area contributed by atoms with Gasteiger partial charge in [-0.3, -0.25) is 9.59 Å². The number of carboxylic acids is 1. The van der Waals surface area contributed by atoms with Gasteiger partial charge in [-0.25, -0.2) is 0 Å². The zero-order chi connectivity index (χ0) is 14.7. The Morgan fingerprint density at radius 3 is 2.35 bits per heavy atom. The van der Waals surface area contributed by atoms with Crippen molar-refractivity contribution in [1.82, 2.24) is 10.2 Å². The summed E-state index contributed by atoms with van der Waals surface area (Å²) in [5.41, 5.74) is 0. The minimum Gasteiger partial charge on any atom is -0.481 e. The molecule has 2 N–H and O–H groups in total. The highest BCUT2D eigenvalue weighted by molar-refractivity contribution is 5.85. The molecule has 3 atom stereocenters. The molecule has 114 valence electrons. The highest BCUT2D eigenvalue weighted by Gasteiger charge is 2.43. The van der Waals surface area contributed by atoms with Crippen molar-refractivity contribution in [2.45, 2.75) is 45.6 Å². The van der Waals surface area contributed by atoms with Crippen LogP contribution in [0.3, 0.4) is 0 Å². The number of aliphatic carboxylic acids is 1. The SMILES string of the molecule is CCN(C(=O)C1CC(C)CC1C(=O)O)C1CCNCC1. The molecule has 1 heterocycles. The van der Waals surface area contributed by atoms with Crippen molar-refractivity contribution in [3.63, 3.8) is 0 Å². The van der Waals surface area contributed by atoms with Crippen molar-refractivity contribution in [2.75, 3.05) is 19.6 Å². The van der Waals surface area contributed by atoms with Crippen LogP contribution >= 0.6 is 0 Å². The summed E-state index contributed by atoms with van der Waals surface area (Å²) >= 11 is 0. The third kappa shape index (κ3) is 3.14. The molecule has 1 amide bonds. The maximum absolute atomic E-state index is 12.8. The molecule has 5 nitrogen and oxygen atoms in total. The lowest BCUT2D eigenvalue weighted by Crippen LogP contribution is -2.49. The van der Waals surface area contributed by atoms with Gasteiger partial charge in [0.2, 0.25) is 5.91 Å². The van der Waals surface area contributed by atoms with Gasteiger partial charge < -0.3 is 15.3 Å². The fraction of sp³-hybridized carbons (Fsp3) is 0.867. The third-order valence-electron chi connectivity index (χ3n) is 4.81. The molecule has 0 aromatic carbocycles. The molecule has 2 fully saturated rings. The molecule has 20 heavy (non-hydrogen) atoms. The molecular formula is C15H26N2O3. The first-order chi connectivity index (χ1) is 9.54. The lowest BCUT2D eigenvalue weighted by atomic mass is 9.93. The normalized spacial score (nSPS) is 31.2. The zero-order valence-corrected chi connectivity index (χ0v) is 12.5. The second kappa shape index (κ2) is 6.57. The van der Waals surface area contributed by atoms with Gasteiger partial charge in [0.25, 0.3) is 0 Å². The quantitative estimate of drug-likeness (QED) is 0.816. The second-order valence-corrected chi connectivity index (χ2v) is 6.23. The molecule has 0 aromatic heterocycles.